The summed E-state index contributed by atoms with van der Waals surface area (Å²) in [5.74, 6) is -0.824. The number of aromatic nitrogens is 1. The van der Waals surface area contributed by atoms with Gasteiger partial charge in [0.25, 0.3) is 5.91 Å². The fourth-order valence-corrected chi connectivity index (χ4v) is 6.75. The monoisotopic (exact) mass is 624 g/mol. The van der Waals surface area contributed by atoms with Crippen LogP contribution >= 0.6 is 11.3 Å². The number of H-pyrrole nitrogens is 1. The number of aliphatic hydroxyl groups excluding tert-OH is 1. The third-order valence-corrected chi connectivity index (χ3v) is 9.34. The van der Waals surface area contributed by atoms with Crippen molar-refractivity contribution in [2.75, 3.05) is 39.8 Å². The van der Waals surface area contributed by atoms with Gasteiger partial charge >= 0.3 is 0 Å². The van der Waals surface area contributed by atoms with Crippen molar-refractivity contribution in [3.8, 4) is 5.75 Å². The molecular weight excluding hydrogens is 586 g/mol. The van der Waals surface area contributed by atoms with Gasteiger partial charge in [-0.3, -0.25) is 14.5 Å². The molecule has 0 bridgehead atoms. The largest absolute Gasteiger partial charge is 0.506 e. The van der Waals surface area contributed by atoms with Gasteiger partial charge in [-0.15, -0.1) is 11.3 Å². The molecule has 0 saturated carbocycles. The molecule has 1 amide bonds. The Balaban J connectivity index is 1.11. The molecule has 234 valence electrons. The first kappa shape index (κ1) is 31.8. The predicted octanol–water partition coefficient (Wildman–Crippen LogP) is 4.73. The van der Waals surface area contributed by atoms with Crippen molar-refractivity contribution in [1.29, 1.82) is 0 Å². The molecule has 4 N–H and O–H groups in total. The number of amides is 1. The van der Waals surface area contributed by atoms with Crippen LogP contribution in [0, 0.1) is 24.5 Å². The van der Waals surface area contributed by atoms with E-state index in [1.54, 1.807) is 11.0 Å². The summed E-state index contributed by atoms with van der Waals surface area (Å²) in [5, 5.41) is 24.4. The Hall–Kier alpha value is -3.64. The predicted molar refractivity (Wildman–Crippen MR) is 168 cm³/mol. The maximum Gasteiger partial charge on any atom is 0.263 e. The number of piperidine rings is 1. The number of carbonyl (C=O) groups excluding carboxylic acids is 1. The molecule has 2 aromatic heterocycles. The fraction of sp³-hybridized carbons (Fsp3) is 0.394. The zero-order valence-electron chi connectivity index (χ0n) is 24.9. The van der Waals surface area contributed by atoms with Crippen LogP contribution in [0.4, 0.5) is 8.78 Å². The lowest BCUT2D eigenvalue weighted by Gasteiger charge is -2.34. The van der Waals surface area contributed by atoms with Crippen LogP contribution in [0.1, 0.15) is 50.2 Å². The Morgan fingerprint density at radius 2 is 1.91 bits per heavy atom. The lowest BCUT2D eigenvalue weighted by Crippen LogP contribution is -2.39. The van der Waals surface area contributed by atoms with E-state index in [-0.39, 0.29) is 47.8 Å². The number of phenolic OH excluding ortho intramolecular Hbond substituents is 1. The van der Waals surface area contributed by atoms with Crippen molar-refractivity contribution >= 4 is 28.1 Å². The van der Waals surface area contributed by atoms with Gasteiger partial charge in [-0.2, -0.15) is 0 Å². The number of carbonyl (C=O) groups is 1. The molecular formula is C33H38F2N4O4S. The summed E-state index contributed by atoms with van der Waals surface area (Å²) in [7, 11) is 1.84. The van der Waals surface area contributed by atoms with Crippen LogP contribution in [-0.4, -0.2) is 70.7 Å². The maximum atomic E-state index is 15.4. The summed E-state index contributed by atoms with van der Waals surface area (Å²) in [6, 6.07) is 12.5. The SMILES string of the molecule is Cc1ccc(C(=O)N(C)CC2CCN(Cc3ccc(F)c(CCNC[C@H](O)c4ccc(O)c5[nH]c(=O)ccc45)c3F)CC2)s1. The molecule has 1 aliphatic rings. The Morgan fingerprint density at radius 1 is 1.14 bits per heavy atom. The highest BCUT2D eigenvalue weighted by atomic mass is 32.1. The van der Waals surface area contributed by atoms with Gasteiger partial charge in [0.1, 0.15) is 17.4 Å². The van der Waals surface area contributed by atoms with E-state index in [1.165, 1.54) is 41.7 Å². The molecule has 4 aromatic rings. The number of pyridine rings is 1. The molecule has 8 nitrogen and oxygen atoms in total. The number of nitrogens with zero attached hydrogens (tertiary/aromatic N) is 2. The van der Waals surface area contributed by atoms with E-state index in [2.05, 4.69) is 15.2 Å². The van der Waals surface area contributed by atoms with Crippen molar-refractivity contribution in [2.24, 2.45) is 5.92 Å². The maximum absolute atomic E-state index is 15.4. The molecule has 44 heavy (non-hydrogen) atoms. The van der Waals surface area contributed by atoms with E-state index in [1.807, 2.05) is 26.1 Å². The van der Waals surface area contributed by atoms with E-state index in [9.17, 15) is 24.2 Å². The van der Waals surface area contributed by atoms with E-state index in [0.29, 0.717) is 35.5 Å². The van der Waals surface area contributed by atoms with Crippen LogP contribution in [0.15, 0.2) is 53.3 Å². The number of hydrogen-bond donors (Lipinski definition) is 4. The van der Waals surface area contributed by atoms with Gasteiger partial charge in [0.15, 0.2) is 0 Å². The lowest BCUT2D eigenvalue weighted by molar-refractivity contribution is 0.0741. The molecule has 0 unspecified atom stereocenters. The smallest absolute Gasteiger partial charge is 0.263 e. The number of aryl methyl sites for hydroxylation is 1. The number of thiophene rings is 1. The van der Waals surface area contributed by atoms with Crippen LogP contribution < -0.4 is 10.9 Å². The minimum Gasteiger partial charge on any atom is -0.506 e. The van der Waals surface area contributed by atoms with Crippen LogP contribution in [-0.2, 0) is 13.0 Å². The number of phenols is 1. The van der Waals surface area contributed by atoms with Crippen molar-refractivity contribution in [3.63, 3.8) is 0 Å². The highest BCUT2D eigenvalue weighted by Gasteiger charge is 2.24. The number of aliphatic hydroxyl groups is 1. The number of likely N-dealkylation sites (tertiary alicyclic amines) is 1. The van der Waals surface area contributed by atoms with Gasteiger partial charge in [-0.25, -0.2) is 8.78 Å². The number of fused-ring (bicyclic) bond motifs is 1. The second-order valence-corrected chi connectivity index (χ2v) is 12.9. The number of nitrogens with one attached hydrogen (secondary N) is 2. The minimum absolute atomic E-state index is 0.0102. The van der Waals surface area contributed by atoms with Crippen molar-refractivity contribution in [2.45, 2.75) is 38.8 Å². The van der Waals surface area contributed by atoms with E-state index >= 15 is 4.39 Å². The molecule has 1 saturated heterocycles. The first-order valence-electron chi connectivity index (χ1n) is 14.8. The number of hydrogen-bond acceptors (Lipinski definition) is 7. The van der Waals surface area contributed by atoms with Gasteiger partial charge in [0, 0.05) is 54.1 Å². The normalized spacial score (nSPS) is 15.1. The first-order chi connectivity index (χ1) is 21.1. The molecule has 0 radical (unpaired) electrons. The van der Waals surface area contributed by atoms with Gasteiger partial charge in [-0.05, 0) is 87.6 Å². The first-order valence-corrected chi connectivity index (χ1v) is 15.7. The Bertz CT molecular complexity index is 1680. The Kier molecular flexibility index (Phi) is 10.1. The van der Waals surface area contributed by atoms with E-state index in [4.69, 9.17) is 0 Å². The molecule has 2 aromatic carbocycles. The zero-order valence-corrected chi connectivity index (χ0v) is 25.7. The van der Waals surface area contributed by atoms with E-state index in [0.717, 1.165) is 35.7 Å². The van der Waals surface area contributed by atoms with Gasteiger partial charge < -0.3 is 25.4 Å². The van der Waals surface area contributed by atoms with Crippen LogP contribution in [0.2, 0.25) is 0 Å². The average molecular weight is 625 g/mol. The number of aromatic hydroxyl groups is 1. The Morgan fingerprint density at radius 3 is 2.64 bits per heavy atom. The highest BCUT2D eigenvalue weighted by Crippen LogP contribution is 2.29. The van der Waals surface area contributed by atoms with Crippen LogP contribution in [0.5, 0.6) is 5.75 Å². The number of aromatic amines is 1. The molecule has 1 atom stereocenters. The average Bonchev–Trinajstić information content (AvgIpc) is 3.45. The topological polar surface area (TPSA) is 109 Å². The van der Waals surface area contributed by atoms with Crippen LogP contribution in [0.25, 0.3) is 10.9 Å². The molecule has 1 aliphatic heterocycles. The van der Waals surface area contributed by atoms with Gasteiger partial charge in [0.05, 0.1) is 16.5 Å². The fourth-order valence-electron chi connectivity index (χ4n) is 5.88. The van der Waals surface area contributed by atoms with Crippen molar-refractivity contribution in [1.82, 2.24) is 20.1 Å². The second-order valence-electron chi connectivity index (χ2n) is 11.6. The highest BCUT2D eigenvalue weighted by molar-refractivity contribution is 7.13. The minimum atomic E-state index is -0.967. The lowest BCUT2D eigenvalue weighted by atomic mass is 9.95. The number of benzene rings is 2. The molecule has 5 rings (SSSR count). The summed E-state index contributed by atoms with van der Waals surface area (Å²) in [6.45, 7) is 4.96. The number of halogens is 2. The van der Waals surface area contributed by atoms with Gasteiger partial charge in [0.2, 0.25) is 5.56 Å². The molecule has 3 heterocycles. The summed E-state index contributed by atoms with van der Waals surface area (Å²) < 4.78 is 30.1. The number of rotatable bonds is 11. The molecule has 0 aliphatic carbocycles. The summed E-state index contributed by atoms with van der Waals surface area (Å²) in [4.78, 5) is 32.8. The van der Waals surface area contributed by atoms with Crippen LogP contribution in [0.3, 0.4) is 0 Å². The second kappa shape index (κ2) is 14.0. The zero-order chi connectivity index (χ0) is 31.4. The molecule has 0 spiro atoms. The quantitative estimate of drug-likeness (QED) is 0.180. The summed E-state index contributed by atoms with van der Waals surface area (Å²) in [5.41, 5.74) is 0.849. The standard InChI is InChI=1S/C33H38F2N4O4S/c1-20-3-9-29(44-20)33(43)38(2)18-21-12-15-39(16-13-21)19-22-4-7-26(34)25(31(22)35)11-14-36-17-28(41)23-5-8-27(40)32-24(23)6-10-30(42)37-32/h3-10,21,28,36,40-41H,11-19H2,1-2H3,(H,37,42)/t28-/m0/s1. The Labute approximate surface area is 259 Å². The summed E-state index contributed by atoms with van der Waals surface area (Å²) >= 11 is 1.50. The van der Waals surface area contributed by atoms with Crippen molar-refractivity contribution < 1.29 is 23.8 Å². The summed E-state index contributed by atoms with van der Waals surface area (Å²) in [6.07, 6.45) is 0.935. The van der Waals surface area contributed by atoms with Gasteiger partial charge in [-0.1, -0.05) is 12.1 Å². The third kappa shape index (κ3) is 7.35. The molecule has 1 fully saturated rings. The third-order valence-electron chi connectivity index (χ3n) is 8.35. The molecule has 11 heteroatoms. The van der Waals surface area contributed by atoms with Crippen molar-refractivity contribution in [3.05, 3.63) is 97.0 Å². The van der Waals surface area contributed by atoms with E-state index < -0.39 is 17.7 Å².